The summed E-state index contributed by atoms with van der Waals surface area (Å²) in [5.41, 5.74) is 0. The molecule has 0 spiro atoms. The van der Waals surface area contributed by atoms with E-state index < -0.39 is 27.0 Å². The van der Waals surface area contributed by atoms with Crippen LogP contribution < -0.4 is 19.7 Å². The summed E-state index contributed by atoms with van der Waals surface area (Å²) in [6, 6.07) is 6.39. The summed E-state index contributed by atoms with van der Waals surface area (Å²) in [5.74, 6) is 1.17. The molecule has 1 saturated heterocycles. The number of rotatable bonds is 8. The lowest BCUT2D eigenvalue weighted by Crippen LogP contribution is -2.31. The molecule has 8 nitrogen and oxygen atoms in total. The molecule has 0 radical (unpaired) electrons. The Morgan fingerprint density at radius 1 is 1.10 bits per heavy atom. The molecule has 1 aromatic heterocycles. The Bertz CT molecular complexity index is 996. The molecule has 0 amide bonds. The molecule has 3 rings (SSSR count). The maximum Gasteiger partial charge on any atom is 0.573 e. The number of piperidine rings is 1. The summed E-state index contributed by atoms with van der Waals surface area (Å²) in [5, 5.41) is 3.03. The van der Waals surface area contributed by atoms with Crippen LogP contribution in [0.3, 0.4) is 0 Å². The quantitative estimate of drug-likeness (QED) is 0.586. The van der Waals surface area contributed by atoms with Gasteiger partial charge in [0.2, 0.25) is 10.0 Å². The van der Waals surface area contributed by atoms with Gasteiger partial charge in [-0.25, -0.2) is 23.1 Å². The minimum atomic E-state index is -5.00. The number of nitrogens with one attached hydrogen (secondary N) is 2. The maximum atomic E-state index is 12.5. The monoisotopic (exact) mass is 459 g/mol. The van der Waals surface area contributed by atoms with E-state index in [1.165, 1.54) is 18.6 Å². The van der Waals surface area contributed by atoms with Crippen molar-refractivity contribution in [3.05, 3.63) is 36.2 Å². The van der Waals surface area contributed by atoms with Crippen LogP contribution in [0.2, 0.25) is 0 Å². The Kier molecular flexibility index (Phi) is 7.21. The fraction of sp³-hybridized carbons (Fsp3) is 0.474. The van der Waals surface area contributed by atoms with E-state index in [1.54, 1.807) is 13.0 Å². The van der Waals surface area contributed by atoms with Gasteiger partial charge in [-0.15, -0.1) is 13.2 Å². The SMILES string of the molecule is Cc1nc(NCCNS(=O)(=O)c2ccccc2OC(F)(F)F)cc(N2CCCCC2)n1. The smallest absolute Gasteiger partial charge is 0.404 e. The summed E-state index contributed by atoms with van der Waals surface area (Å²) in [7, 11) is -4.21. The van der Waals surface area contributed by atoms with Crippen molar-refractivity contribution in [3.8, 4) is 5.75 Å². The van der Waals surface area contributed by atoms with Crippen molar-refractivity contribution in [2.24, 2.45) is 0 Å². The Balaban J connectivity index is 1.60. The lowest BCUT2D eigenvalue weighted by atomic mass is 10.1. The van der Waals surface area contributed by atoms with Crippen molar-refractivity contribution in [2.75, 3.05) is 36.4 Å². The molecule has 0 bridgehead atoms. The molecule has 2 N–H and O–H groups in total. The second-order valence-electron chi connectivity index (χ2n) is 7.03. The third kappa shape index (κ3) is 6.69. The minimum Gasteiger partial charge on any atom is -0.404 e. The molecule has 12 heteroatoms. The summed E-state index contributed by atoms with van der Waals surface area (Å²) in [6.45, 7) is 3.74. The van der Waals surface area contributed by atoms with E-state index >= 15 is 0 Å². The van der Waals surface area contributed by atoms with Crippen LogP contribution in [0.15, 0.2) is 35.2 Å². The first kappa shape index (κ1) is 23.1. The normalized spacial score (nSPS) is 15.0. The Labute approximate surface area is 178 Å². The topological polar surface area (TPSA) is 96.5 Å². The van der Waals surface area contributed by atoms with Crippen LogP contribution in [0.5, 0.6) is 5.75 Å². The molecular weight excluding hydrogens is 435 g/mol. The van der Waals surface area contributed by atoms with Crippen LogP contribution in [0, 0.1) is 6.92 Å². The minimum absolute atomic E-state index is 0.0647. The first-order valence-corrected chi connectivity index (χ1v) is 11.3. The molecule has 0 atom stereocenters. The van der Waals surface area contributed by atoms with Gasteiger partial charge in [-0.05, 0) is 38.3 Å². The van der Waals surface area contributed by atoms with Crippen molar-refractivity contribution in [2.45, 2.75) is 37.4 Å². The largest absolute Gasteiger partial charge is 0.573 e. The third-order valence-electron chi connectivity index (χ3n) is 4.59. The molecule has 2 aromatic rings. The number of ether oxygens (including phenoxy) is 1. The molecule has 1 aliphatic rings. The van der Waals surface area contributed by atoms with Crippen LogP contribution in [0.25, 0.3) is 0 Å². The highest BCUT2D eigenvalue weighted by Gasteiger charge is 2.33. The molecule has 0 aliphatic carbocycles. The summed E-state index contributed by atoms with van der Waals surface area (Å²) in [4.78, 5) is 10.4. The number of hydrogen-bond acceptors (Lipinski definition) is 7. The standard InChI is InChI=1S/C19H24F3N5O3S/c1-14-25-17(13-18(26-14)27-11-5-2-6-12-27)23-9-10-24-31(28,29)16-8-4-3-7-15(16)30-19(20,21)22/h3-4,7-8,13,24H,2,5-6,9-12H2,1H3,(H,23,25,26). The maximum absolute atomic E-state index is 12.5. The molecule has 2 heterocycles. The first-order chi connectivity index (χ1) is 14.6. The van der Waals surface area contributed by atoms with Gasteiger partial charge < -0.3 is 15.0 Å². The number of sulfonamides is 1. The Hall–Kier alpha value is -2.60. The fourth-order valence-corrected chi connectivity index (χ4v) is 4.42. The Morgan fingerprint density at radius 3 is 2.52 bits per heavy atom. The zero-order valence-corrected chi connectivity index (χ0v) is 17.8. The average Bonchev–Trinajstić information content (AvgIpc) is 2.71. The molecule has 1 fully saturated rings. The number of nitrogens with zero attached hydrogens (tertiary/aromatic N) is 3. The summed E-state index contributed by atoms with van der Waals surface area (Å²) < 4.78 is 68.6. The number of benzene rings is 1. The highest BCUT2D eigenvalue weighted by molar-refractivity contribution is 7.89. The average molecular weight is 459 g/mol. The predicted molar refractivity (Wildman–Crippen MR) is 110 cm³/mol. The van der Waals surface area contributed by atoms with Crippen LogP contribution in [0.4, 0.5) is 24.8 Å². The first-order valence-electron chi connectivity index (χ1n) is 9.83. The van der Waals surface area contributed by atoms with Gasteiger partial charge in [0.05, 0.1) is 0 Å². The predicted octanol–water partition coefficient (Wildman–Crippen LogP) is 3.06. The second kappa shape index (κ2) is 9.69. The molecule has 31 heavy (non-hydrogen) atoms. The van der Waals surface area contributed by atoms with Gasteiger partial charge in [0.1, 0.15) is 28.1 Å². The van der Waals surface area contributed by atoms with E-state index in [0.29, 0.717) is 11.6 Å². The highest BCUT2D eigenvalue weighted by Crippen LogP contribution is 2.29. The van der Waals surface area contributed by atoms with Crippen molar-refractivity contribution < 1.29 is 26.3 Å². The van der Waals surface area contributed by atoms with Crippen molar-refractivity contribution >= 4 is 21.7 Å². The van der Waals surface area contributed by atoms with Gasteiger partial charge in [-0.2, -0.15) is 0 Å². The van der Waals surface area contributed by atoms with E-state index in [-0.39, 0.29) is 13.1 Å². The van der Waals surface area contributed by atoms with Crippen LogP contribution in [-0.2, 0) is 10.0 Å². The van der Waals surface area contributed by atoms with E-state index in [1.807, 2.05) is 0 Å². The third-order valence-corrected chi connectivity index (χ3v) is 6.09. The molecule has 0 saturated carbocycles. The van der Waals surface area contributed by atoms with Crippen molar-refractivity contribution in [1.82, 2.24) is 14.7 Å². The van der Waals surface area contributed by atoms with Gasteiger partial charge >= 0.3 is 6.36 Å². The number of alkyl halides is 3. The number of halogens is 3. The number of anilines is 2. The molecule has 0 unspecified atom stereocenters. The highest BCUT2D eigenvalue weighted by atomic mass is 32.2. The van der Waals surface area contributed by atoms with Gasteiger partial charge in [0.15, 0.2) is 0 Å². The summed E-state index contributed by atoms with van der Waals surface area (Å²) in [6.07, 6.45) is -1.59. The van der Waals surface area contributed by atoms with Crippen molar-refractivity contribution in [3.63, 3.8) is 0 Å². The van der Waals surface area contributed by atoms with E-state index in [2.05, 4.69) is 29.6 Å². The van der Waals surface area contributed by atoms with Gasteiger partial charge in [-0.3, -0.25) is 0 Å². The number of hydrogen-bond donors (Lipinski definition) is 2. The summed E-state index contributed by atoms with van der Waals surface area (Å²) >= 11 is 0. The van der Waals surface area contributed by atoms with Crippen LogP contribution in [-0.4, -0.2) is 50.9 Å². The van der Waals surface area contributed by atoms with Gasteiger partial charge in [-0.1, -0.05) is 12.1 Å². The lowest BCUT2D eigenvalue weighted by molar-refractivity contribution is -0.275. The van der Waals surface area contributed by atoms with Crippen LogP contribution >= 0.6 is 0 Å². The molecule has 1 aliphatic heterocycles. The molecule has 1 aromatic carbocycles. The van der Waals surface area contributed by atoms with E-state index in [4.69, 9.17) is 0 Å². The fourth-order valence-electron chi connectivity index (χ4n) is 3.26. The van der Waals surface area contributed by atoms with Crippen LogP contribution in [0.1, 0.15) is 25.1 Å². The molecular formula is C19H24F3N5O3S. The van der Waals surface area contributed by atoms with Gasteiger partial charge in [0.25, 0.3) is 0 Å². The number of aromatic nitrogens is 2. The van der Waals surface area contributed by atoms with E-state index in [0.717, 1.165) is 43.9 Å². The zero-order valence-electron chi connectivity index (χ0n) is 16.9. The van der Waals surface area contributed by atoms with Gasteiger partial charge in [0, 0.05) is 32.2 Å². The molecule has 170 valence electrons. The number of para-hydroxylation sites is 1. The lowest BCUT2D eigenvalue weighted by Gasteiger charge is -2.28. The second-order valence-corrected chi connectivity index (χ2v) is 8.76. The van der Waals surface area contributed by atoms with Crippen molar-refractivity contribution in [1.29, 1.82) is 0 Å². The number of aryl methyl sites for hydroxylation is 1. The van der Waals surface area contributed by atoms with E-state index in [9.17, 15) is 21.6 Å². The zero-order chi connectivity index (χ0) is 22.5. The Morgan fingerprint density at radius 2 is 1.81 bits per heavy atom.